The van der Waals surface area contributed by atoms with Crippen molar-refractivity contribution in [2.24, 2.45) is 10.9 Å². The van der Waals surface area contributed by atoms with Gasteiger partial charge in [0, 0.05) is 18.4 Å². The molecule has 0 spiro atoms. The first-order valence-corrected chi connectivity index (χ1v) is 5.94. The third-order valence-electron chi connectivity index (χ3n) is 2.67. The molecule has 6 heteroatoms. The fourth-order valence-corrected chi connectivity index (χ4v) is 1.70. The first-order chi connectivity index (χ1) is 9.20. The highest BCUT2D eigenvalue weighted by molar-refractivity contribution is 5.96. The van der Waals surface area contributed by atoms with Crippen molar-refractivity contribution in [2.75, 3.05) is 6.54 Å². The summed E-state index contributed by atoms with van der Waals surface area (Å²) in [5, 5.41) is 14.8. The fraction of sp³-hybridized carbons (Fsp3) is 0.231. The molecule has 1 amide bonds. The Hall–Kier alpha value is -2.50. The molecule has 0 bridgehead atoms. The van der Waals surface area contributed by atoms with E-state index in [2.05, 4.69) is 10.5 Å². The average Bonchev–Trinajstić information content (AvgIpc) is 2.87. The Morgan fingerprint density at radius 1 is 1.42 bits per heavy atom. The SMILES string of the molecule is NC(CCCNC(=O)c1cc2ccccc2o1)=NO. The summed E-state index contributed by atoms with van der Waals surface area (Å²) in [6.45, 7) is 0.437. The van der Waals surface area contributed by atoms with Crippen LogP contribution in [0.5, 0.6) is 0 Å². The minimum Gasteiger partial charge on any atom is -0.451 e. The van der Waals surface area contributed by atoms with Crippen LogP contribution in [0, 0.1) is 0 Å². The first kappa shape index (κ1) is 12.9. The average molecular weight is 261 g/mol. The van der Waals surface area contributed by atoms with Crippen LogP contribution < -0.4 is 11.1 Å². The molecule has 0 radical (unpaired) electrons. The number of amidine groups is 1. The topological polar surface area (TPSA) is 101 Å². The maximum Gasteiger partial charge on any atom is 0.287 e. The molecule has 0 aliphatic rings. The summed E-state index contributed by atoms with van der Waals surface area (Å²) in [5.41, 5.74) is 6.01. The molecule has 0 unspecified atom stereocenters. The second-order valence-electron chi connectivity index (χ2n) is 4.10. The number of nitrogens with two attached hydrogens (primary N) is 1. The molecule has 1 heterocycles. The summed E-state index contributed by atoms with van der Waals surface area (Å²) in [7, 11) is 0. The quantitative estimate of drug-likeness (QED) is 0.250. The molecule has 19 heavy (non-hydrogen) atoms. The molecule has 0 aliphatic heterocycles. The highest BCUT2D eigenvalue weighted by atomic mass is 16.4. The second-order valence-corrected chi connectivity index (χ2v) is 4.10. The van der Waals surface area contributed by atoms with Gasteiger partial charge in [0.1, 0.15) is 11.4 Å². The standard InChI is InChI=1S/C13H15N3O3/c14-12(16-18)6-3-7-15-13(17)11-8-9-4-1-2-5-10(9)19-11/h1-2,4-5,8,18H,3,6-7H2,(H2,14,16)(H,15,17). The fourth-order valence-electron chi connectivity index (χ4n) is 1.70. The molecular weight excluding hydrogens is 246 g/mol. The third-order valence-corrected chi connectivity index (χ3v) is 2.67. The molecule has 0 aliphatic carbocycles. The van der Waals surface area contributed by atoms with Gasteiger partial charge in [-0.05, 0) is 18.6 Å². The molecule has 2 rings (SSSR count). The molecule has 4 N–H and O–H groups in total. The van der Waals surface area contributed by atoms with Crippen LogP contribution in [0.15, 0.2) is 39.9 Å². The number of fused-ring (bicyclic) bond motifs is 1. The van der Waals surface area contributed by atoms with Crippen LogP contribution in [0.1, 0.15) is 23.4 Å². The molecule has 1 aromatic heterocycles. The van der Waals surface area contributed by atoms with Gasteiger partial charge in [-0.1, -0.05) is 23.4 Å². The number of benzene rings is 1. The Morgan fingerprint density at radius 2 is 2.21 bits per heavy atom. The molecule has 100 valence electrons. The lowest BCUT2D eigenvalue weighted by molar-refractivity contribution is 0.0928. The van der Waals surface area contributed by atoms with Gasteiger partial charge in [-0.3, -0.25) is 4.79 Å². The molecule has 6 nitrogen and oxygen atoms in total. The molecule has 0 saturated heterocycles. The largest absolute Gasteiger partial charge is 0.451 e. The van der Waals surface area contributed by atoms with E-state index in [-0.39, 0.29) is 17.5 Å². The van der Waals surface area contributed by atoms with E-state index in [4.69, 9.17) is 15.4 Å². The number of hydrogen-bond donors (Lipinski definition) is 3. The summed E-state index contributed by atoms with van der Waals surface area (Å²) < 4.78 is 5.43. The van der Waals surface area contributed by atoms with E-state index in [0.29, 0.717) is 25.0 Å². The van der Waals surface area contributed by atoms with E-state index in [1.807, 2.05) is 24.3 Å². The van der Waals surface area contributed by atoms with Gasteiger partial charge in [0.05, 0.1) is 0 Å². The van der Waals surface area contributed by atoms with Crippen molar-refractivity contribution in [1.82, 2.24) is 5.32 Å². The van der Waals surface area contributed by atoms with Crippen molar-refractivity contribution in [2.45, 2.75) is 12.8 Å². The van der Waals surface area contributed by atoms with Gasteiger partial charge < -0.3 is 20.7 Å². The number of rotatable bonds is 5. The second kappa shape index (κ2) is 5.90. The normalized spacial score (nSPS) is 11.7. The van der Waals surface area contributed by atoms with Gasteiger partial charge in [0.25, 0.3) is 5.91 Å². The van der Waals surface area contributed by atoms with E-state index < -0.39 is 0 Å². The molecule has 1 aromatic carbocycles. The monoisotopic (exact) mass is 261 g/mol. The first-order valence-electron chi connectivity index (χ1n) is 5.94. The third kappa shape index (κ3) is 3.25. The molecular formula is C13H15N3O3. The molecule has 0 fully saturated rings. The van der Waals surface area contributed by atoms with E-state index in [9.17, 15) is 4.79 Å². The van der Waals surface area contributed by atoms with Crippen LogP contribution in [-0.4, -0.2) is 23.5 Å². The minimum absolute atomic E-state index is 0.151. The lowest BCUT2D eigenvalue weighted by atomic mass is 10.2. The summed E-state index contributed by atoms with van der Waals surface area (Å²) >= 11 is 0. The maximum absolute atomic E-state index is 11.8. The number of amides is 1. The number of nitrogens with one attached hydrogen (secondary N) is 1. The number of oxime groups is 1. The van der Waals surface area contributed by atoms with Crippen molar-refractivity contribution in [3.63, 3.8) is 0 Å². The van der Waals surface area contributed by atoms with Crippen molar-refractivity contribution in [1.29, 1.82) is 0 Å². The van der Waals surface area contributed by atoms with Crippen molar-refractivity contribution in [3.05, 3.63) is 36.1 Å². The van der Waals surface area contributed by atoms with Gasteiger partial charge in [-0.25, -0.2) is 0 Å². The van der Waals surface area contributed by atoms with Crippen LogP contribution in [0.25, 0.3) is 11.0 Å². The van der Waals surface area contributed by atoms with Crippen LogP contribution in [0.2, 0.25) is 0 Å². The lowest BCUT2D eigenvalue weighted by Gasteiger charge is -2.02. The maximum atomic E-state index is 11.8. The number of hydrogen-bond acceptors (Lipinski definition) is 4. The lowest BCUT2D eigenvalue weighted by Crippen LogP contribution is -2.25. The summed E-state index contributed by atoms with van der Waals surface area (Å²) in [5.74, 6) is 0.165. The van der Waals surface area contributed by atoms with E-state index in [0.717, 1.165) is 5.39 Å². The van der Waals surface area contributed by atoms with Gasteiger partial charge in [0.2, 0.25) is 0 Å². The van der Waals surface area contributed by atoms with Crippen molar-refractivity contribution < 1.29 is 14.4 Å². The van der Waals surface area contributed by atoms with Crippen LogP contribution in [0.3, 0.4) is 0 Å². The van der Waals surface area contributed by atoms with Gasteiger partial charge >= 0.3 is 0 Å². The Kier molecular flexibility index (Phi) is 4.02. The summed E-state index contributed by atoms with van der Waals surface area (Å²) in [6, 6.07) is 9.13. The smallest absolute Gasteiger partial charge is 0.287 e. The molecule has 0 atom stereocenters. The number of para-hydroxylation sites is 1. The highest BCUT2D eigenvalue weighted by Crippen LogP contribution is 2.18. The van der Waals surface area contributed by atoms with Gasteiger partial charge in [-0.15, -0.1) is 0 Å². The number of furan rings is 1. The van der Waals surface area contributed by atoms with Crippen molar-refractivity contribution in [3.8, 4) is 0 Å². The van der Waals surface area contributed by atoms with Crippen LogP contribution >= 0.6 is 0 Å². The predicted octanol–water partition coefficient (Wildman–Crippen LogP) is 1.69. The number of carbonyl (C=O) groups excluding carboxylic acids is 1. The molecule has 0 saturated carbocycles. The Labute approximate surface area is 109 Å². The zero-order valence-corrected chi connectivity index (χ0v) is 10.3. The Morgan fingerprint density at radius 3 is 2.95 bits per heavy atom. The Bertz CT molecular complexity index is 571. The van der Waals surface area contributed by atoms with Gasteiger partial charge in [0.15, 0.2) is 5.76 Å². The number of nitrogens with zero attached hydrogens (tertiary/aromatic N) is 1. The number of carbonyl (C=O) groups is 1. The van der Waals surface area contributed by atoms with Gasteiger partial charge in [-0.2, -0.15) is 0 Å². The predicted molar refractivity (Wildman–Crippen MR) is 71.2 cm³/mol. The van der Waals surface area contributed by atoms with E-state index >= 15 is 0 Å². The zero-order valence-electron chi connectivity index (χ0n) is 10.3. The highest BCUT2D eigenvalue weighted by Gasteiger charge is 2.11. The minimum atomic E-state index is -0.268. The molecule has 2 aromatic rings. The van der Waals surface area contributed by atoms with Crippen molar-refractivity contribution >= 4 is 22.7 Å². The summed E-state index contributed by atoms with van der Waals surface area (Å²) in [4.78, 5) is 11.8. The van der Waals surface area contributed by atoms with E-state index in [1.54, 1.807) is 6.07 Å². The zero-order chi connectivity index (χ0) is 13.7. The van der Waals surface area contributed by atoms with Crippen LogP contribution in [-0.2, 0) is 0 Å². The van der Waals surface area contributed by atoms with E-state index in [1.165, 1.54) is 0 Å². The Balaban J connectivity index is 1.89. The van der Waals surface area contributed by atoms with Crippen LogP contribution in [0.4, 0.5) is 0 Å². The summed E-state index contributed by atoms with van der Waals surface area (Å²) in [6.07, 6.45) is 1.03.